The monoisotopic (exact) mass is 531 g/mol. The lowest BCUT2D eigenvalue weighted by atomic mass is 9.99. The van der Waals surface area contributed by atoms with Gasteiger partial charge in [-0.3, -0.25) is 9.59 Å². The first-order chi connectivity index (χ1) is 17.3. The Balaban J connectivity index is 1.61. The first-order valence-electron chi connectivity index (χ1n) is 11.0. The summed E-state index contributed by atoms with van der Waals surface area (Å²) in [7, 11) is 0. The van der Waals surface area contributed by atoms with E-state index in [-0.39, 0.29) is 11.7 Å². The summed E-state index contributed by atoms with van der Waals surface area (Å²) in [4.78, 5) is 30.6. The van der Waals surface area contributed by atoms with Crippen LogP contribution in [-0.4, -0.2) is 16.7 Å². The van der Waals surface area contributed by atoms with Crippen LogP contribution in [0.1, 0.15) is 27.0 Å². The van der Waals surface area contributed by atoms with Crippen molar-refractivity contribution < 1.29 is 9.59 Å². The number of ketones is 1. The van der Waals surface area contributed by atoms with Gasteiger partial charge in [-0.25, -0.2) is 4.98 Å². The molecule has 3 aromatic carbocycles. The number of rotatable bonds is 5. The number of Topliss-reactive ketones (excluding diaryl/α,β-unsaturated/α-hetero) is 1. The Kier molecular flexibility index (Phi) is 6.49. The highest BCUT2D eigenvalue weighted by molar-refractivity contribution is 7.21. The van der Waals surface area contributed by atoms with Crippen molar-refractivity contribution in [3.63, 3.8) is 0 Å². The smallest absolute Gasteiger partial charge is 0.267 e. The van der Waals surface area contributed by atoms with Crippen molar-refractivity contribution in [2.24, 2.45) is 0 Å². The molecule has 0 aliphatic rings. The van der Waals surface area contributed by atoms with E-state index in [1.54, 1.807) is 24.3 Å². The minimum absolute atomic E-state index is 0.0427. The molecular formula is C28H19Cl2N3O2S. The number of thiophene rings is 1. The van der Waals surface area contributed by atoms with Crippen LogP contribution in [0.15, 0.2) is 78.9 Å². The molecule has 0 atom stereocenters. The van der Waals surface area contributed by atoms with Crippen LogP contribution in [0.2, 0.25) is 10.0 Å². The number of benzene rings is 3. The van der Waals surface area contributed by atoms with E-state index < -0.39 is 0 Å². The van der Waals surface area contributed by atoms with Crippen LogP contribution < -0.4 is 11.1 Å². The number of nitrogens with one attached hydrogen (secondary N) is 1. The molecule has 0 aliphatic carbocycles. The van der Waals surface area contributed by atoms with Crippen LogP contribution in [0, 0.1) is 0 Å². The average molecular weight is 532 g/mol. The summed E-state index contributed by atoms with van der Waals surface area (Å²) < 4.78 is 0. The van der Waals surface area contributed by atoms with Crippen LogP contribution in [0.5, 0.6) is 0 Å². The van der Waals surface area contributed by atoms with Gasteiger partial charge < -0.3 is 11.1 Å². The summed E-state index contributed by atoms with van der Waals surface area (Å²) >= 11 is 13.4. The van der Waals surface area contributed by atoms with Crippen LogP contribution >= 0.6 is 34.5 Å². The maximum atomic E-state index is 13.2. The summed E-state index contributed by atoms with van der Waals surface area (Å²) in [5, 5.41) is 4.83. The lowest BCUT2D eigenvalue weighted by molar-refractivity contribution is 0.101. The zero-order valence-corrected chi connectivity index (χ0v) is 21.3. The zero-order chi connectivity index (χ0) is 25.4. The highest BCUT2D eigenvalue weighted by Gasteiger charge is 2.22. The van der Waals surface area contributed by atoms with Crippen molar-refractivity contribution in [2.75, 3.05) is 11.1 Å². The number of halogens is 2. The van der Waals surface area contributed by atoms with E-state index in [9.17, 15) is 9.59 Å². The van der Waals surface area contributed by atoms with E-state index in [2.05, 4.69) is 5.32 Å². The van der Waals surface area contributed by atoms with Gasteiger partial charge in [-0.05, 0) is 72.6 Å². The fourth-order valence-electron chi connectivity index (χ4n) is 3.89. The molecule has 0 radical (unpaired) electrons. The Morgan fingerprint density at radius 2 is 1.44 bits per heavy atom. The van der Waals surface area contributed by atoms with Crippen molar-refractivity contribution in [3.05, 3.63) is 99.3 Å². The quantitative estimate of drug-likeness (QED) is 0.225. The molecule has 5 aromatic rings. The second-order valence-electron chi connectivity index (χ2n) is 8.18. The van der Waals surface area contributed by atoms with Crippen LogP contribution in [-0.2, 0) is 0 Å². The van der Waals surface area contributed by atoms with Crippen LogP contribution in [0.3, 0.4) is 0 Å². The van der Waals surface area contributed by atoms with Crippen molar-refractivity contribution >= 4 is 67.8 Å². The highest BCUT2D eigenvalue weighted by Crippen LogP contribution is 2.42. The van der Waals surface area contributed by atoms with E-state index in [1.807, 2.05) is 54.6 Å². The standard InChI is InChI=1S/C28H19Cl2N3O2S/c1-15(34)16-6-12-21(13-7-16)32-27(35)26-25(31)24-22(17-2-8-19(29)9-3-17)14-23(33-28(24)36-26)18-4-10-20(30)11-5-18/h2-14H,31H2,1H3,(H,32,35). The first-order valence-corrected chi connectivity index (χ1v) is 12.5. The van der Waals surface area contributed by atoms with Crippen molar-refractivity contribution in [1.29, 1.82) is 0 Å². The van der Waals surface area contributed by atoms with Gasteiger partial charge >= 0.3 is 0 Å². The topological polar surface area (TPSA) is 85.1 Å². The zero-order valence-electron chi connectivity index (χ0n) is 19.0. The number of carbonyl (C=O) groups is 2. The van der Waals surface area contributed by atoms with Crippen molar-refractivity contribution in [3.8, 4) is 22.4 Å². The Bertz CT molecular complexity index is 1610. The number of amides is 1. The molecule has 3 N–H and O–H groups in total. The molecule has 0 bridgehead atoms. The third kappa shape index (κ3) is 4.71. The third-order valence-corrected chi connectivity index (χ3v) is 7.35. The molecule has 0 spiro atoms. The number of hydrogen-bond donors (Lipinski definition) is 2. The molecule has 2 heterocycles. The molecule has 178 valence electrons. The lowest BCUT2D eigenvalue weighted by Crippen LogP contribution is -2.12. The Morgan fingerprint density at radius 3 is 2.03 bits per heavy atom. The summed E-state index contributed by atoms with van der Waals surface area (Å²) in [6.07, 6.45) is 0. The molecule has 36 heavy (non-hydrogen) atoms. The summed E-state index contributed by atoms with van der Waals surface area (Å²) in [6.45, 7) is 1.50. The van der Waals surface area contributed by atoms with E-state index >= 15 is 0 Å². The molecule has 1 amide bonds. The summed E-state index contributed by atoms with van der Waals surface area (Å²) in [5.74, 6) is -0.389. The molecular weight excluding hydrogens is 513 g/mol. The van der Waals surface area contributed by atoms with Gasteiger partial charge in [0.25, 0.3) is 5.91 Å². The number of nitrogens with two attached hydrogens (primary N) is 1. The van der Waals surface area contributed by atoms with Gasteiger partial charge in [0.2, 0.25) is 0 Å². The predicted octanol–water partition coefficient (Wildman–Crippen LogP) is 7.97. The Morgan fingerprint density at radius 1 is 0.861 bits per heavy atom. The van der Waals surface area contributed by atoms with Gasteiger partial charge in [0.1, 0.15) is 9.71 Å². The number of anilines is 2. The van der Waals surface area contributed by atoms with Gasteiger partial charge in [0.05, 0.1) is 11.4 Å². The summed E-state index contributed by atoms with van der Waals surface area (Å²) in [5.41, 5.74) is 11.4. The molecule has 0 saturated carbocycles. The molecule has 8 heteroatoms. The molecule has 0 saturated heterocycles. The number of carbonyl (C=O) groups excluding carboxylic acids is 2. The first kappa shape index (κ1) is 24.0. The Labute approximate surface area is 221 Å². The van der Waals surface area contributed by atoms with Gasteiger partial charge in [-0.1, -0.05) is 47.5 Å². The second-order valence-corrected chi connectivity index (χ2v) is 10.1. The molecule has 0 aliphatic heterocycles. The normalized spacial score (nSPS) is 11.0. The molecule has 0 fully saturated rings. The number of pyridine rings is 1. The van der Waals surface area contributed by atoms with Crippen molar-refractivity contribution in [2.45, 2.75) is 6.92 Å². The Hall–Kier alpha value is -3.71. The van der Waals surface area contributed by atoms with Crippen LogP contribution in [0.25, 0.3) is 32.6 Å². The van der Waals surface area contributed by atoms with Crippen molar-refractivity contribution in [1.82, 2.24) is 4.98 Å². The largest absolute Gasteiger partial charge is 0.397 e. The van der Waals surface area contributed by atoms with Gasteiger partial charge in [-0.15, -0.1) is 11.3 Å². The fourth-order valence-corrected chi connectivity index (χ4v) is 5.16. The second kappa shape index (κ2) is 9.74. The van der Waals surface area contributed by atoms with E-state index in [4.69, 9.17) is 33.9 Å². The summed E-state index contributed by atoms with van der Waals surface area (Å²) in [6, 6.07) is 23.5. The number of nitrogen functional groups attached to an aromatic ring is 1. The van der Waals surface area contributed by atoms with Crippen LogP contribution in [0.4, 0.5) is 11.4 Å². The molecule has 2 aromatic heterocycles. The maximum absolute atomic E-state index is 13.2. The molecule has 0 unspecified atom stereocenters. The SMILES string of the molecule is CC(=O)c1ccc(NC(=O)c2sc3nc(-c4ccc(Cl)cc4)cc(-c4ccc(Cl)cc4)c3c2N)cc1. The molecule has 5 rings (SSSR count). The average Bonchev–Trinajstić information content (AvgIpc) is 3.21. The van der Waals surface area contributed by atoms with E-state index in [1.165, 1.54) is 18.3 Å². The molecule has 5 nitrogen and oxygen atoms in total. The van der Waals surface area contributed by atoms with Gasteiger partial charge in [-0.2, -0.15) is 0 Å². The lowest BCUT2D eigenvalue weighted by Gasteiger charge is -2.09. The van der Waals surface area contributed by atoms with Gasteiger partial charge in [0, 0.05) is 32.2 Å². The third-order valence-electron chi connectivity index (χ3n) is 5.75. The fraction of sp³-hybridized carbons (Fsp3) is 0.0357. The number of hydrogen-bond acceptors (Lipinski definition) is 5. The maximum Gasteiger partial charge on any atom is 0.267 e. The van der Waals surface area contributed by atoms with E-state index in [0.717, 1.165) is 22.4 Å². The van der Waals surface area contributed by atoms with E-state index in [0.29, 0.717) is 42.1 Å². The predicted molar refractivity (Wildman–Crippen MR) is 149 cm³/mol. The van der Waals surface area contributed by atoms with Gasteiger partial charge in [0.15, 0.2) is 5.78 Å². The number of aromatic nitrogens is 1. The minimum Gasteiger partial charge on any atom is -0.397 e. The highest BCUT2D eigenvalue weighted by atomic mass is 35.5. The number of fused-ring (bicyclic) bond motifs is 1. The number of nitrogens with zero attached hydrogens (tertiary/aromatic N) is 1. The minimum atomic E-state index is -0.346.